The highest BCUT2D eigenvalue weighted by atomic mass is 16.5. The summed E-state index contributed by atoms with van der Waals surface area (Å²) in [4.78, 5) is 0. The van der Waals surface area contributed by atoms with Gasteiger partial charge in [0, 0.05) is 11.4 Å². The van der Waals surface area contributed by atoms with Crippen LogP contribution in [0.3, 0.4) is 0 Å². The van der Waals surface area contributed by atoms with Gasteiger partial charge in [-0.3, -0.25) is 0 Å². The van der Waals surface area contributed by atoms with Gasteiger partial charge in [0.25, 0.3) is 0 Å². The smallest absolute Gasteiger partial charge is 0.232 e. The number of nitriles is 2. The molecule has 0 atom stereocenters. The van der Waals surface area contributed by atoms with Crippen LogP contribution < -0.4 is 9.75 Å². The Bertz CT molecular complexity index is 672. The summed E-state index contributed by atoms with van der Waals surface area (Å²) in [5.41, 5.74) is 2.68. The van der Waals surface area contributed by atoms with Gasteiger partial charge in [-0.25, -0.2) is 0 Å². The van der Waals surface area contributed by atoms with Gasteiger partial charge in [0.1, 0.15) is 12.8 Å². The van der Waals surface area contributed by atoms with Gasteiger partial charge in [-0.15, -0.1) is 0 Å². The standard InChI is InChI=1S/C16H16N4O/c1-4-14-16(15(5-2)20(3)19-14)21-13-7-11(9-17)6-12(8-13)10-18/h6-8H,4-5H2,1-3H3/q+1. The number of benzene rings is 1. The molecule has 1 aromatic carbocycles. The average Bonchev–Trinajstić information content (AvgIpc) is 2.81. The first kappa shape index (κ1) is 14.8. The quantitative estimate of drug-likeness (QED) is 0.796. The number of hydrazone groups is 1. The summed E-state index contributed by atoms with van der Waals surface area (Å²) < 4.78 is 5.94. The van der Waals surface area contributed by atoms with Gasteiger partial charge in [0.05, 0.1) is 23.3 Å². The zero-order chi connectivity index (χ0) is 15.4. The second-order valence-electron chi connectivity index (χ2n) is 4.62. The van der Waals surface area contributed by atoms with Crippen molar-refractivity contribution in [2.24, 2.45) is 5.10 Å². The maximum Gasteiger partial charge on any atom is 0.232 e. The fourth-order valence-electron chi connectivity index (χ4n) is 2.24. The molecule has 1 radical (unpaired) electrons. The molecule has 0 fully saturated rings. The van der Waals surface area contributed by atoms with Gasteiger partial charge in [-0.1, -0.05) is 13.8 Å². The Balaban J connectivity index is 2.42. The predicted molar refractivity (Wildman–Crippen MR) is 79.6 cm³/mol. The van der Waals surface area contributed by atoms with Crippen molar-refractivity contribution in [1.82, 2.24) is 5.01 Å². The molecule has 0 unspecified atom stereocenters. The van der Waals surface area contributed by atoms with Crippen molar-refractivity contribution >= 4 is 5.71 Å². The van der Waals surface area contributed by atoms with E-state index in [0.29, 0.717) is 16.9 Å². The van der Waals surface area contributed by atoms with Crippen LogP contribution >= 0.6 is 0 Å². The van der Waals surface area contributed by atoms with Crippen LogP contribution in [0.2, 0.25) is 0 Å². The molecule has 2 rings (SSSR count). The number of rotatable bonds is 4. The molecule has 0 spiro atoms. The SMILES string of the molecule is CCC1=N[N+](C)C(CC)=C1Oc1cc(C#N)cc(C#N)c1. The average molecular weight is 280 g/mol. The third-order valence-electron chi connectivity index (χ3n) is 3.24. The fourth-order valence-corrected chi connectivity index (χ4v) is 2.24. The van der Waals surface area contributed by atoms with Gasteiger partial charge in [-0.05, 0) is 29.7 Å². The molecule has 1 aliphatic heterocycles. The van der Waals surface area contributed by atoms with Crippen LogP contribution in [0.4, 0.5) is 0 Å². The zero-order valence-corrected chi connectivity index (χ0v) is 12.3. The van der Waals surface area contributed by atoms with E-state index >= 15 is 0 Å². The van der Waals surface area contributed by atoms with E-state index in [1.807, 2.05) is 38.0 Å². The Morgan fingerprint density at radius 1 is 1.10 bits per heavy atom. The lowest BCUT2D eigenvalue weighted by molar-refractivity contribution is 0.437. The van der Waals surface area contributed by atoms with Crippen LogP contribution in [0.25, 0.3) is 0 Å². The van der Waals surface area contributed by atoms with E-state index in [0.717, 1.165) is 30.0 Å². The third kappa shape index (κ3) is 2.94. The van der Waals surface area contributed by atoms with E-state index in [-0.39, 0.29) is 0 Å². The first-order valence-electron chi connectivity index (χ1n) is 6.80. The summed E-state index contributed by atoms with van der Waals surface area (Å²) in [6, 6.07) is 8.88. The largest absolute Gasteiger partial charge is 0.449 e. The molecule has 0 saturated carbocycles. The third-order valence-corrected chi connectivity index (χ3v) is 3.24. The molecule has 1 aliphatic rings. The molecule has 0 saturated heterocycles. The van der Waals surface area contributed by atoms with Crippen LogP contribution in [0, 0.1) is 22.7 Å². The van der Waals surface area contributed by atoms with E-state index < -0.39 is 0 Å². The maximum atomic E-state index is 9.02. The normalized spacial score (nSPS) is 14.6. The Kier molecular flexibility index (Phi) is 4.37. The zero-order valence-electron chi connectivity index (χ0n) is 12.3. The van der Waals surface area contributed by atoms with Crippen molar-refractivity contribution < 1.29 is 4.74 Å². The summed E-state index contributed by atoms with van der Waals surface area (Å²) in [7, 11) is 1.89. The fraction of sp³-hybridized carbons (Fsp3) is 0.312. The second kappa shape index (κ2) is 6.21. The molecule has 0 N–H and O–H groups in total. The Hall–Kier alpha value is -2.63. The minimum absolute atomic E-state index is 0.407. The first-order valence-corrected chi connectivity index (χ1v) is 6.80. The van der Waals surface area contributed by atoms with Crippen molar-refractivity contribution in [3.05, 3.63) is 40.8 Å². The molecule has 21 heavy (non-hydrogen) atoms. The first-order chi connectivity index (χ1) is 10.1. The lowest BCUT2D eigenvalue weighted by atomic mass is 10.1. The highest BCUT2D eigenvalue weighted by Gasteiger charge is 2.33. The minimum atomic E-state index is 0.407. The summed E-state index contributed by atoms with van der Waals surface area (Å²) in [5, 5.41) is 24.3. The molecule has 0 aromatic heterocycles. The van der Waals surface area contributed by atoms with Gasteiger partial charge in [0.2, 0.25) is 11.5 Å². The monoisotopic (exact) mass is 280 g/mol. The second-order valence-corrected chi connectivity index (χ2v) is 4.62. The van der Waals surface area contributed by atoms with Gasteiger partial charge < -0.3 is 4.74 Å². The molecule has 1 aromatic rings. The molecule has 5 heteroatoms. The molecule has 0 aliphatic carbocycles. The Morgan fingerprint density at radius 2 is 1.71 bits per heavy atom. The van der Waals surface area contributed by atoms with Crippen molar-refractivity contribution in [3.8, 4) is 17.9 Å². The van der Waals surface area contributed by atoms with Gasteiger partial charge in [-0.2, -0.15) is 10.5 Å². The lowest BCUT2D eigenvalue weighted by Gasteiger charge is -2.08. The Morgan fingerprint density at radius 3 is 2.19 bits per heavy atom. The van der Waals surface area contributed by atoms with Crippen molar-refractivity contribution in [2.75, 3.05) is 7.05 Å². The van der Waals surface area contributed by atoms with Gasteiger partial charge >= 0.3 is 0 Å². The van der Waals surface area contributed by atoms with E-state index in [1.165, 1.54) is 6.07 Å². The molecule has 5 nitrogen and oxygen atoms in total. The van der Waals surface area contributed by atoms with Crippen LogP contribution in [0.1, 0.15) is 37.8 Å². The summed E-state index contributed by atoms with van der Waals surface area (Å²) in [6.45, 7) is 4.05. The number of allylic oxidation sites excluding steroid dienone is 2. The number of hydrogen-bond donors (Lipinski definition) is 0. The van der Waals surface area contributed by atoms with Crippen molar-refractivity contribution in [2.45, 2.75) is 26.7 Å². The molecule has 1 heterocycles. The highest BCUT2D eigenvalue weighted by Crippen LogP contribution is 2.26. The van der Waals surface area contributed by atoms with Crippen LogP contribution in [0.15, 0.2) is 34.8 Å². The minimum Gasteiger partial charge on any atom is -0.449 e. The topological polar surface area (TPSA) is 75.1 Å². The van der Waals surface area contributed by atoms with E-state index in [4.69, 9.17) is 15.3 Å². The molecular weight excluding hydrogens is 264 g/mol. The summed E-state index contributed by atoms with van der Waals surface area (Å²) in [6.07, 6.45) is 1.55. The molecule has 0 amide bonds. The highest BCUT2D eigenvalue weighted by molar-refractivity contribution is 6.00. The molecule has 0 bridgehead atoms. The number of ether oxygens (including phenoxy) is 1. The van der Waals surface area contributed by atoms with E-state index in [2.05, 4.69) is 5.10 Å². The van der Waals surface area contributed by atoms with E-state index in [1.54, 1.807) is 12.1 Å². The van der Waals surface area contributed by atoms with Crippen LogP contribution in [-0.2, 0) is 0 Å². The maximum absolute atomic E-state index is 9.02. The number of nitrogens with zero attached hydrogens (tertiary/aromatic N) is 4. The summed E-state index contributed by atoms with van der Waals surface area (Å²) in [5.74, 6) is 1.21. The molecule has 105 valence electrons. The molecular formula is C16H16N4O+. The Labute approximate surface area is 124 Å². The lowest BCUT2D eigenvalue weighted by Crippen LogP contribution is -2.14. The van der Waals surface area contributed by atoms with Gasteiger partial charge in [0.15, 0.2) is 5.71 Å². The number of hydrogen-bond acceptors (Lipinski definition) is 5. The van der Waals surface area contributed by atoms with E-state index in [9.17, 15) is 0 Å². The van der Waals surface area contributed by atoms with Crippen molar-refractivity contribution in [1.29, 1.82) is 10.5 Å². The van der Waals surface area contributed by atoms with Crippen LogP contribution in [0.5, 0.6) is 5.75 Å². The van der Waals surface area contributed by atoms with Crippen LogP contribution in [-0.4, -0.2) is 12.8 Å². The van der Waals surface area contributed by atoms with Crippen molar-refractivity contribution in [3.63, 3.8) is 0 Å². The summed E-state index contributed by atoms with van der Waals surface area (Å²) >= 11 is 0. The predicted octanol–water partition coefficient (Wildman–Crippen LogP) is 2.98.